The molecule has 0 radical (unpaired) electrons. The van der Waals surface area contributed by atoms with E-state index in [0.29, 0.717) is 19.8 Å². The monoisotopic (exact) mass is 326 g/mol. The summed E-state index contributed by atoms with van der Waals surface area (Å²) in [7, 11) is 0. The van der Waals surface area contributed by atoms with E-state index < -0.39 is 5.78 Å². The standard InChI is InChI=1S/C13H8Cl2N2O2S/c1-5-2-3-6-9(16)11(19-13(6)17-5)10(18)7-4-8(14)20-12(7)15/h2-4H,16H2,1H3. The molecule has 0 fully saturated rings. The Labute approximate surface area is 128 Å². The fraction of sp³-hybridized carbons (Fsp3) is 0.0769. The van der Waals surface area contributed by atoms with E-state index in [1.807, 2.05) is 6.92 Å². The quantitative estimate of drug-likeness (QED) is 0.712. The average Bonchev–Trinajstić information content (AvgIpc) is 2.89. The van der Waals surface area contributed by atoms with E-state index in [0.717, 1.165) is 17.0 Å². The fourth-order valence-corrected chi connectivity index (χ4v) is 3.33. The summed E-state index contributed by atoms with van der Waals surface area (Å²) in [5.74, 6) is -0.360. The van der Waals surface area contributed by atoms with Gasteiger partial charge in [0.15, 0.2) is 0 Å². The van der Waals surface area contributed by atoms with Crippen LogP contribution in [0.2, 0.25) is 8.67 Å². The van der Waals surface area contributed by atoms with Gasteiger partial charge in [-0.15, -0.1) is 11.3 Å². The van der Waals surface area contributed by atoms with Gasteiger partial charge in [-0.2, -0.15) is 0 Å². The Hall–Kier alpha value is -1.56. The van der Waals surface area contributed by atoms with Crippen molar-refractivity contribution in [1.82, 2.24) is 4.98 Å². The van der Waals surface area contributed by atoms with Gasteiger partial charge in [-0.1, -0.05) is 23.2 Å². The van der Waals surface area contributed by atoms with Gasteiger partial charge in [0.25, 0.3) is 0 Å². The number of hydrogen-bond acceptors (Lipinski definition) is 5. The first-order chi connectivity index (χ1) is 9.47. The van der Waals surface area contributed by atoms with E-state index in [2.05, 4.69) is 4.98 Å². The highest BCUT2D eigenvalue weighted by atomic mass is 35.5. The van der Waals surface area contributed by atoms with Crippen LogP contribution in [0.5, 0.6) is 0 Å². The minimum Gasteiger partial charge on any atom is -0.432 e. The number of fused-ring (bicyclic) bond motifs is 1. The summed E-state index contributed by atoms with van der Waals surface area (Å²) in [6.45, 7) is 1.83. The van der Waals surface area contributed by atoms with Gasteiger partial charge in [0, 0.05) is 5.69 Å². The van der Waals surface area contributed by atoms with Crippen LogP contribution >= 0.6 is 34.5 Å². The zero-order chi connectivity index (χ0) is 14.4. The molecule has 102 valence electrons. The van der Waals surface area contributed by atoms with Gasteiger partial charge in [0.1, 0.15) is 4.34 Å². The summed E-state index contributed by atoms with van der Waals surface area (Å²) >= 11 is 12.9. The first-order valence-electron chi connectivity index (χ1n) is 5.62. The molecule has 0 saturated carbocycles. The third-order valence-electron chi connectivity index (χ3n) is 2.84. The van der Waals surface area contributed by atoms with E-state index in [-0.39, 0.29) is 17.0 Å². The van der Waals surface area contributed by atoms with Crippen molar-refractivity contribution < 1.29 is 9.21 Å². The van der Waals surface area contributed by atoms with Crippen LogP contribution in [0.4, 0.5) is 5.69 Å². The van der Waals surface area contributed by atoms with Crippen LogP contribution in [0.1, 0.15) is 21.8 Å². The minimum atomic E-state index is -0.397. The largest absolute Gasteiger partial charge is 0.432 e. The Bertz CT molecular complexity index is 838. The van der Waals surface area contributed by atoms with Crippen LogP contribution in [-0.4, -0.2) is 10.8 Å². The number of nitrogen functional groups attached to an aromatic ring is 1. The highest BCUT2D eigenvalue weighted by molar-refractivity contribution is 7.20. The lowest BCUT2D eigenvalue weighted by molar-refractivity contribution is 0.101. The molecule has 20 heavy (non-hydrogen) atoms. The van der Waals surface area contributed by atoms with Gasteiger partial charge in [-0.05, 0) is 25.1 Å². The van der Waals surface area contributed by atoms with Gasteiger partial charge < -0.3 is 10.2 Å². The van der Waals surface area contributed by atoms with Crippen LogP contribution < -0.4 is 5.73 Å². The van der Waals surface area contributed by atoms with Crippen LogP contribution in [0, 0.1) is 6.92 Å². The Kier molecular flexibility index (Phi) is 3.20. The lowest BCUT2D eigenvalue weighted by atomic mass is 10.1. The Morgan fingerprint density at radius 2 is 2.15 bits per heavy atom. The van der Waals surface area contributed by atoms with Gasteiger partial charge in [0.2, 0.25) is 17.3 Å². The average molecular weight is 327 g/mol. The summed E-state index contributed by atoms with van der Waals surface area (Å²) in [6.07, 6.45) is 0. The van der Waals surface area contributed by atoms with Crippen molar-refractivity contribution in [2.45, 2.75) is 6.92 Å². The summed E-state index contributed by atoms with van der Waals surface area (Å²) in [5.41, 5.74) is 7.61. The number of ketones is 1. The molecular formula is C13H8Cl2N2O2S. The summed E-state index contributed by atoms with van der Waals surface area (Å²) in [4.78, 5) is 16.6. The van der Waals surface area contributed by atoms with Gasteiger partial charge in [-0.3, -0.25) is 4.79 Å². The highest BCUT2D eigenvalue weighted by Crippen LogP contribution is 2.35. The second-order valence-corrected chi connectivity index (χ2v) is 6.50. The van der Waals surface area contributed by atoms with E-state index in [1.165, 1.54) is 6.07 Å². The third kappa shape index (κ3) is 2.08. The predicted molar refractivity (Wildman–Crippen MR) is 80.9 cm³/mol. The molecule has 3 aromatic rings. The number of pyridine rings is 1. The van der Waals surface area contributed by atoms with Crippen molar-refractivity contribution in [2.75, 3.05) is 5.73 Å². The second-order valence-electron chi connectivity index (χ2n) is 4.22. The van der Waals surface area contributed by atoms with E-state index >= 15 is 0 Å². The molecule has 0 unspecified atom stereocenters. The van der Waals surface area contributed by atoms with Crippen molar-refractivity contribution in [3.05, 3.63) is 43.9 Å². The molecule has 3 heterocycles. The van der Waals surface area contributed by atoms with Crippen LogP contribution in [0.25, 0.3) is 11.1 Å². The number of aromatic nitrogens is 1. The topological polar surface area (TPSA) is 69.1 Å². The summed E-state index contributed by atoms with van der Waals surface area (Å²) < 4.78 is 6.22. The number of carbonyl (C=O) groups excluding carboxylic acids is 1. The molecule has 2 N–H and O–H groups in total. The third-order valence-corrected chi connectivity index (χ3v) is 4.33. The number of furan rings is 1. The summed E-state index contributed by atoms with van der Waals surface area (Å²) in [6, 6.07) is 5.08. The number of nitrogens with zero attached hydrogens (tertiary/aromatic N) is 1. The summed E-state index contributed by atoms with van der Waals surface area (Å²) in [5, 5.41) is 0.608. The van der Waals surface area contributed by atoms with E-state index in [9.17, 15) is 4.79 Å². The van der Waals surface area contributed by atoms with Gasteiger partial charge in [0.05, 0.1) is 21.0 Å². The van der Waals surface area contributed by atoms with Gasteiger partial charge >= 0.3 is 0 Å². The van der Waals surface area contributed by atoms with Crippen molar-refractivity contribution in [1.29, 1.82) is 0 Å². The van der Waals surface area contributed by atoms with Crippen molar-refractivity contribution in [3.63, 3.8) is 0 Å². The minimum absolute atomic E-state index is 0.0365. The highest BCUT2D eigenvalue weighted by Gasteiger charge is 2.24. The maximum atomic E-state index is 12.4. The molecule has 0 spiro atoms. The normalized spacial score (nSPS) is 11.2. The number of nitrogens with two attached hydrogens (primary N) is 1. The molecule has 7 heteroatoms. The fourth-order valence-electron chi connectivity index (χ4n) is 1.88. The number of aryl methyl sites for hydroxylation is 1. The molecule has 0 bridgehead atoms. The zero-order valence-electron chi connectivity index (χ0n) is 10.2. The van der Waals surface area contributed by atoms with Crippen LogP contribution in [0.15, 0.2) is 22.6 Å². The molecule has 4 nitrogen and oxygen atoms in total. The molecule has 0 saturated heterocycles. The van der Waals surface area contributed by atoms with Crippen LogP contribution in [-0.2, 0) is 0 Å². The molecule has 0 aliphatic heterocycles. The predicted octanol–water partition coefficient (Wildman–Crippen LogP) is 4.32. The smallest absolute Gasteiger partial charge is 0.232 e. The van der Waals surface area contributed by atoms with Gasteiger partial charge in [-0.25, -0.2) is 4.98 Å². The zero-order valence-corrected chi connectivity index (χ0v) is 12.6. The molecule has 3 aromatic heterocycles. The number of carbonyl (C=O) groups is 1. The first-order valence-corrected chi connectivity index (χ1v) is 7.19. The molecule has 0 amide bonds. The molecule has 0 aromatic carbocycles. The van der Waals surface area contributed by atoms with Crippen molar-refractivity contribution >= 4 is 57.1 Å². The Morgan fingerprint density at radius 1 is 1.40 bits per heavy atom. The SMILES string of the molecule is Cc1ccc2c(N)c(C(=O)c3cc(Cl)sc3Cl)oc2n1. The van der Waals surface area contributed by atoms with Crippen molar-refractivity contribution in [3.8, 4) is 0 Å². The number of thiophene rings is 1. The molecule has 0 aliphatic rings. The van der Waals surface area contributed by atoms with Crippen LogP contribution in [0.3, 0.4) is 0 Å². The molecule has 0 atom stereocenters. The second kappa shape index (κ2) is 4.77. The maximum Gasteiger partial charge on any atom is 0.232 e. The lowest BCUT2D eigenvalue weighted by Crippen LogP contribution is -2.02. The maximum absolute atomic E-state index is 12.4. The van der Waals surface area contributed by atoms with Crippen molar-refractivity contribution in [2.24, 2.45) is 0 Å². The molecule has 3 rings (SSSR count). The number of rotatable bonds is 2. The van der Waals surface area contributed by atoms with E-state index in [4.69, 9.17) is 33.4 Å². The number of anilines is 1. The Balaban J connectivity index is 2.17. The first kappa shape index (κ1) is 13.4. The van der Waals surface area contributed by atoms with E-state index in [1.54, 1.807) is 12.1 Å². The lowest BCUT2D eigenvalue weighted by Gasteiger charge is -1.95. The molecule has 0 aliphatic carbocycles. The Morgan fingerprint density at radius 3 is 2.80 bits per heavy atom. The number of hydrogen-bond donors (Lipinski definition) is 1. The molecular weight excluding hydrogens is 319 g/mol. The number of halogens is 2.